The third-order valence-corrected chi connectivity index (χ3v) is 3.81. The molecule has 0 aromatic carbocycles. The number of rotatable bonds is 5. The van der Waals surface area contributed by atoms with Gasteiger partial charge in [0.05, 0.1) is 6.04 Å². The second-order valence-electron chi connectivity index (χ2n) is 5.57. The van der Waals surface area contributed by atoms with E-state index >= 15 is 0 Å². The van der Waals surface area contributed by atoms with Crippen molar-refractivity contribution in [3.63, 3.8) is 0 Å². The molecule has 0 bridgehead atoms. The van der Waals surface area contributed by atoms with Crippen LogP contribution in [-0.2, 0) is 4.79 Å². The van der Waals surface area contributed by atoms with E-state index in [9.17, 15) is 4.79 Å². The number of nitrogens with two attached hydrogens (primary N) is 1. The highest BCUT2D eigenvalue weighted by Gasteiger charge is 2.28. The molecule has 2 fully saturated rings. The normalized spacial score (nSPS) is 26.9. The van der Waals surface area contributed by atoms with Crippen LogP contribution >= 0.6 is 0 Å². The van der Waals surface area contributed by atoms with Crippen LogP contribution in [0.25, 0.3) is 0 Å². The predicted molar refractivity (Wildman–Crippen MR) is 68.6 cm³/mol. The Labute approximate surface area is 104 Å². The third-order valence-electron chi connectivity index (χ3n) is 3.81. The summed E-state index contributed by atoms with van der Waals surface area (Å²) < 4.78 is 0. The van der Waals surface area contributed by atoms with E-state index < -0.39 is 0 Å². The number of carbonyl (C=O) groups is 1. The number of nitrogens with one attached hydrogen (secondary N) is 1. The van der Waals surface area contributed by atoms with Crippen LogP contribution in [0.5, 0.6) is 0 Å². The summed E-state index contributed by atoms with van der Waals surface area (Å²) >= 11 is 0. The molecule has 2 atom stereocenters. The van der Waals surface area contributed by atoms with Crippen LogP contribution in [0.1, 0.15) is 39.0 Å². The van der Waals surface area contributed by atoms with Crippen molar-refractivity contribution in [3.8, 4) is 0 Å². The molecule has 3 N–H and O–H groups in total. The van der Waals surface area contributed by atoms with E-state index in [1.807, 2.05) is 4.90 Å². The summed E-state index contributed by atoms with van der Waals surface area (Å²) in [6.07, 6.45) is 6.23. The highest BCUT2D eigenvalue weighted by Crippen LogP contribution is 2.27. The Morgan fingerprint density at radius 1 is 1.35 bits per heavy atom. The van der Waals surface area contributed by atoms with E-state index in [0.29, 0.717) is 6.04 Å². The first-order chi connectivity index (χ1) is 8.18. The van der Waals surface area contributed by atoms with Crippen molar-refractivity contribution in [2.75, 3.05) is 19.6 Å². The fourth-order valence-electron chi connectivity index (χ4n) is 2.54. The van der Waals surface area contributed by atoms with Gasteiger partial charge in [-0.15, -0.1) is 0 Å². The van der Waals surface area contributed by atoms with Gasteiger partial charge in [0.2, 0.25) is 5.91 Å². The lowest BCUT2D eigenvalue weighted by Gasteiger charge is -2.37. The molecule has 1 aliphatic carbocycles. The first-order valence-corrected chi connectivity index (χ1v) is 6.95. The highest BCUT2D eigenvalue weighted by atomic mass is 16.2. The largest absolute Gasteiger partial charge is 0.337 e. The number of nitrogens with zero attached hydrogens (tertiary/aromatic N) is 1. The Bertz CT molecular complexity index is 263. The van der Waals surface area contributed by atoms with Gasteiger partial charge in [0, 0.05) is 19.1 Å². The summed E-state index contributed by atoms with van der Waals surface area (Å²) in [5.74, 6) is 1.01. The summed E-state index contributed by atoms with van der Waals surface area (Å²) in [5, 5.41) is 3.51. The van der Waals surface area contributed by atoms with Gasteiger partial charge in [-0.2, -0.15) is 0 Å². The molecule has 1 amide bonds. The fourth-order valence-corrected chi connectivity index (χ4v) is 2.54. The van der Waals surface area contributed by atoms with Crippen molar-refractivity contribution in [1.29, 1.82) is 0 Å². The molecule has 1 aliphatic heterocycles. The van der Waals surface area contributed by atoms with Crippen LogP contribution in [0.2, 0.25) is 0 Å². The quantitative estimate of drug-likeness (QED) is 0.743. The molecular formula is C13H25N3O. The minimum atomic E-state index is -0.362. The monoisotopic (exact) mass is 239 g/mol. The van der Waals surface area contributed by atoms with Crippen LogP contribution in [0, 0.1) is 5.92 Å². The van der Waals surface area contributed by atoms with Crippen molar-refractivity contribution in [2.45, 2.75) is 51.1 Å². The van der Waals surface area contributed by atoms with Crippen molar-refractivity contribution in [3.05, 3.63) is 0 Å². The minimum absolute atomic E-state index is 0.114. The summed E-state index contributed by atoms with van der Waals surface area (Å²) in [7, 11) is 0. The van der Waals surface area contributed by atoms with Crippen molar-refractivity contribution in [2.24, 2.45) is 11.7 Å². The maximum Gasteiger partial charge on any atom is 0.239 e. The summed E-state index contributed by atoms with van der Waals surface area (Å²) in [6, 6.07) is 0.0000297. The molecule has 98 valence electrons. The van der Waals surface area contributed by atoms with Gasteiger partial charge >= 0.3 is 0 Å². The molecule has 1 unspecified atom stereocenters. The molecule has 2 rings (SSSR count). The molecule has 4 heteroatoms. The Hall–Kier alpha value is -0.610. The minimum Gasteiger partial charge on any atom is -0.337 e. The lowest BCUT2D eigenvalue weighted by atomic mass is 10.0. The topological polar surface area (TPSA) is 58.4 Å². The Balaban J connectivity index is 1.80. The number of hydrogen-bond donors (Lipinski definition) is 2. The molecule has 0 spiro atoms. The van der Waals surface area contributed by atoms with Crippen molar-refractivity contribution < 1.29 is 4.79 Å². The maximum absolute atomic E-state index is 12.0. The van der Waals surface area contributed by atoms with Gasteiger partial charge in [-0.05, 0) is 51.5 Å². The molecular weight excluding hydrogens is 214 g/mol. The molecule has 0 radical (unpaired) electrons. The zero-order valence-electron chi connectivity index (χ0n) is 10.8. The van der Waals surface area contributed by atoms with Gasteiger partial charge < -0.3 is 16.0 Å². The average Bonchev–Trinajstić information content (AvgIpc) is 3.13. The Kier molecular flexibility index (Phi) is 4.40. The smallest absolute Gasteiger partial charge is 0.239 e. The SMILES string of the molecule is CC(N)C(=O)N1CCCC[C@H]1CNCC1CC1. The molecule has 1 saturated heterocycles. The third kappa shape index (κ3) is 3.68. The van der Waals surface area contributed by atoms with Gasteiger partial charge in [-0.1, -0.05) is 0 Å². The lowest BCUT2D eigenvalue weighted by molar-refractivity contribution is -0.135. The fraction of sp³-hybridized carbons (Fsp3) is 0.923. The van der Waals surface area contributed by atoms with Gasteiger partial charge in [0.25, 0.3) is 0 Å². The van der Waals surface area contributed by atoms with Crippen molar-refractivity contribution in [1.82, 2.24) is 10.2 Å². The summed E-state index contributed by atoms with van der Waals surface area (Å²) in [4.78, 5) is 14.0. The van der Waals surface area contributed by atoms with Gasteiger partial charge in [0.15, 0.2) is 0 Å². The molecule has 0 aromatic heterocycles. The number of hydrogen-bond acceptors (Lipinski definition) is 3. The zero-order chi connectivity index (χ0) is 12.3. The second kappa shape index (κ2) is 5.83. The van der Waals surface area contributed by atoms with Gasteiger partial charge in [0.1, 0.15) is 0 Å². The molecule has 1 heterocycles. The van der Waals surface area contributed by atoms with Crippen LogP contribution in [0.4, 0.5) is 0 Å². The summed E-state index contributed by atoms with van der Waals surface area (Å²) in [5.41, 5.74) is 5.70. The number of piperidine rings is 1. The standard InChI is InChI=1S/C13H25N3O/c1-10(14)13(17)16-7-3-2-4-12(16)9-15-8-11-5-6-11/h10-12,15H,2-9,14H2,1H3/t10?,12-/m0/s1. The van der Waals surface area contributed by atoms with E-state index in [1.165, 1.54) is 19.3 Å². The first kappa shape index (κ1) is 12.8. The number of likely N-dealkylation sites (tertiary alicyclic amines) is 1. The summed E-state index contributed by atoms with van der Waals surface area (Å²) in [6.45, 7) is 4.73. The van der Waals surface area contributed by atoms with Crippen LogP contribution in [0.3, 0.4) is 0 Å². The average molecular weight is 239 g/mol. The zero-order valence-corrected chi connectivity index (χ0v) is 10.8. The molecule has 2 aliphatic rings. The molecule has 0 aromatic rings. The van der Waals surface area contributed by atoms with E-state index in [1.54, 1.807) is 6.92 Å². The second-order valence-corrected chi connectivity index (χ2v) is 5.57. The van der Waals surface area contributed by atoms with Crippen LogP contribution < -0.4 is 11.1 Å². The maximum atomic E-state index is 12.0. The molecule has 17 heavy (non-hydrogen) atoms. The van der Waals surface area contributed by atoms with Crippen LogP contribution in [-0.4, -0.2) is 42.5 Å². The highest BCUT2D eigenvalue weighted by molar-refractivity contribution is 5.81. The number of carbonyl (C=O) groups excluding carboxylic acids is 1. The van der Waals surface area contributed by atoms with E-state index in [4.69, 9.17) is 5.73 Å². The lowest BCUT2D eigenvalue weighted by Crippen LogP contribution is -2.53. The molecule has 1 saturated carbocycles. The van der Waals surface area contributed by atoms with E-state index in [2.05, 4.69) is 5.32 Å². The predicted octanol–water partition coefficient (Wildman–Crippen LogP) is 0.714. The van der Waals surface area contributed by atoms with E-state index in [0.717, 1.165) is 38.4 Å². The Morgan fingerprint density at radius 2 is 2.12 bits per heavy atom. The number of amides is 1. The van der Waals surface area contributed by atoms with Gasteiger partial charge in [-0.3, -0.25) is 4.79 Å². The first-order valence-electron chi connectivity index (χ1n) is 6.95. The van der Waals surface area contributed by atoms with E-state index in [-0.39, 0.29) is 11.9 Å². The Morgan fingerprint density at radius 3 is 2.76 bits per heavy atom. The van der Waals surface area contributed by atoms with Crippen LogP contribution in [0.15, 0.2) is 0 Å². The molecule has 4 nitrogen and oxygen atoms in total. The van der Waals surface area contributed by atoms with Crippen molar-refractivity contribution >= 4 is 5.91 Å². The van der Waals surface area contributed by atoms with Gasteiger partial charge in [-0.25, -0.2) is 0 Å².